The lowest BCUT2D eigenvalue weighted by molar-refractivity contribution is -0.142. The summed E-state index contributed by atoms with van der Waals surface area (Å²) in [4.78, 5) is 41.3. The second kappa shape index (κ2) is 7.15. The third kappa shape index (κ3) is 3.20. The number of aromatic amines is 1. The van der Waals surface area contributed by atoms with Crippen molar-refractivity contribution in [3.05, 3.63) is 94.8 Å². The van der Waals surface area contributed by atoms with Gasteiger partial charge < -0.3 is 15.0 Å². The normalized spacial score (nSPS) is 15.7. The summed E-state index contributed by atoms with van der Waals surface area (Å²) in [6.45, 7) is 0.246. The highest BCUT2D eigenvalue weighted by atomic mass is 16.4. The molecule has 0 fully saturated rings. The topological polar surface area (TPSA) is 90.5 Å². The van der Waals surface area contributed by atoms with Crippen LogP contribution in [0.15, 0.2) is 67.0 Å². The van der Waals surface area contributed by atoms with Crippen molar-refractivity contribution in [2.45, 2.75) is 19.0 Å². The number of aliphatic carboxylic acids is 1. The molecule has 0 bridgehead atoms. The van der Waals surface area contributed by atoms with Gasteiger partial charge in [0.2, 0.25) is 0 Å². The van der Waals surface area contributed by atoms with Crippen molar-refractivity contribution >= 4 is 17.7 Å². The van der Waals surface area contributed by atoms with Gasteiger partial charge >= 0.3 is 5.97 Å². The number of hydrogen-bond donors (Lipinski definition) is 2. The van der Waals surface area contributed by atoms with Gasteiger partial charge in [-0.3, -0.25) is 9.59 Å². The zero-order chi connectivity index (χ0) is 19.7. The van der Waals surface area contributed by atoms with Gasteiger partial charge in [-0.2, -0.15) is 0 Å². The third-order valence-electron chi connectivity index (χ3n) is 5.05. The van der Waals surface area contributed by atoms with E-state index in [9.17, 15) is 19.5 Å². The quantitative estimate of drug-likeness (QED) is 0.687. The average Bonchev–Trinajstić information content (AvgIpc) is 3.26. The SMILES string of the molecule is O=C(c1ccc(C(=O)N2Cc3ccccc3CC2C(=O)O)cc1)c1cc[nH]c1. The molecule has 140 valence electrons. The molecule has 0 radical (unpaired) electrons. The summed E-state index contributed by atoms with van der Waals surface area (Å²) in [5.74, 6) is -1.53. The van der Waals surface area contributed by atoms with E-state index in [0.29, 0.717) is 16.7 Å². The maximum Gasteiger partial charge on any atom is 0.326 e. The maximum absolute atomic E-state index is 13.0. The molecule has 3 aromatic rings. The number of hydrogen-bond acceptors (Lipinski definition) is 3. The van der Waals surface area contributed by atoms with E-state index in [-0.39, 0.29) is 24.7 Å². The fourth-order valence-electron chi connectivity index (χ4n) is 3.52. The number of amides is 1. The fraction of sp³-hybridized carbons (Fsp3) is 0.136. The van der Waals surface area contributed by atoms with Crippen LogP contribution in [0.3, 0.4) is 0 Å². The molecular weight excluding hydrogens is 356 g/mol. The summed E-state index contributed by atoms with van der Waals surface area (Å²) in [6, 6.07) is 14.7. The van der Waals surface area contributed by atoms with Gasteiger partial charge in [0.15, 0.2) is 5.78 Å². The van der Waals surface area contributed by atoms with Crippen LogP contribution in [0.25, 0.3) is 0 Å². The minimum absolute atomic E-state index is 0.143. The smallest absolute Gasteiger partial charge is 0.326 e. The van der Waals surface area contributed by atoms with Crippen LogP contribution < -0.4 is 0 Å². The van der Waals surface area contributed by atoms with Gasteiger partial charge in [0.1, 0.15) is 6.04 Å². The van der Waals surface area contributed by atoms with Crippen LogP contribution in [-0.2, 0) is 17.8 Å². The number of nitrogens with one attached hydrogen (secondary N) is 1. The summed E-state index contributed by atoms with van der Waals surface area (Å²) in [5, 5.41) is 9.61. The zero-order valence-electron chi connectivity index (χ0n) is 15.0. The first-order valence-electron chi connectivity index (χ1n) is 8.92. The standard InChI is InChI=1S/C22H18N2O4/c25-20(17-9-10-23-12-17)14-5-7-15(8-6-14)21(26)24-13-18-4-2-1-3-16(18)11-19(24)22(27)28/h1-10,12,19,23H,11,13H2,(H,27,28). The van der Waals surface area contributed by atoms with E-state index in [1.165, 1.54) is 4.90 Å². The molecule has 28 heavy (non-hydrogen) atoms. The van der Waals surface area contributed by atoms with Gasteiger partial charge in [-0.1, -0.05) is 36.4 Å². The highest BCUT2D eigenvalue weighted by Gasteiger charge is 2.34. The van der Waals surface area contributed by atoms with Gasteiger partial charge in [-0.25, -0.2) is 4.79 Å². The Morgan fingerprint density at radius 2 is 1.57 bits per heavy atom. The second-order valence-corrected chi connectivity index (χ2v) is 6.77. The van der Waals surface area contributed by atoms with Gasteiger partial charge in [-0.05, 0) is 29.3 Å². The van der Waals surface area contributed by atoms with E-state index in [1.807, 2.05) is 24.3 Å². The van der Waals surface area contributed by atoms with Crippen LogP contribution in [0.5, 0.6) is 0 Å². The summed E-state index contributed by atoms with van der Waals surface area (Å²) in [5.41, 5.74) is 3.27. The number of rotatable bonds is 4. The highest BCUT2D eigenvalue weighted by molar-refractivity contribution is 6.09. The second-order valence-electron chi connectivity index (χ2n) is 6.77. The van der Waals surface area contributed by atoms with Gasteiger partial charge in [-0.15, -0.1) is 0 Å². The molecular formula is C22H18N2O4. The first-order chi connectivity index (χ1) is 13.5. The van der Waals surface area contributed by atoms with Crippen LogP contribution in [0, 0.1) is 0 Å². The van der Waals surface area contributed by atoms with Gasteiger partial charge in [0.05, 0.1) is 0 Å². The largest absolute Gasteiger partial charge is 0.480 e. The molecule has 1 amide bonds. The lowest BCUT2D eigenvalue weighted by Crippen LogP contribution is -2.48. The Hall–Kier alpha value is -3.67. The molecule has 0 saturated carbocycles. The molecule has 1 aliphatic heterocycles. The van der Waals surface area contributed by atoms with E-state index >= 15 is 0 Å². The molecule has 4 rings (SSSR count). The highest BCUT2D eigenvalue weighted by Crippen LogP contribution is 2.25. The van der Waals surface area contributed by atoms with Crippen LogP contribution in [0.4, 0.5) is 0 Å². The minimum atomic E-state index is -1.03. The molecule has 0 saturated heterocycles. The van der Waals surface area contributed by atoms with Crippen molar-refractivity contribution in [1.82, 2.24) is 9.88 Å². The van der Waals surface area contributed by atoms with E-state index in [1.54, 1.807) is 42.7 Å². The molecule has 1 unspecified atom stereocenters. The van der Waals surface area contributed by atoms with Crippen molar-refractivity contribution in [2.75, 3.05) is 0 Å². The lowest BCUT2D eigenvalue weighted by Gasteiger charge is -2.34. The van der Waals surface area contributed by atoms with Crippen LogP contribution in [0.2, 0.25) is 0 Å². The summed E-state index contributed by atoms with van der Waals surface area (Å²) in [7, 11) is 0. The number of carboxylic acids is 1. The summed E-state index contributed by atoms with van der Waals surface area (Å²) in [6.07, 6.45) is 3.57. The molecule has 0 aliphatic carbocycles. The number of carbonyl (C=O) groups excluding carboxylic acids is 2. The Morgan fingerprint density at radius 1 is 0.893 bits per heavy atom. The molecule has 0 spiro atoms. The Labute approximate surface area is 161 Å². The predicted octanol–water partition coefficient (Wildman–Crippen LogP) is 2.90. The molecule has 6 nitrogen and oxygen atoms in total. The van der Waals surface area contributed by atoms with Crippen molar-refractivity contribution in [3.8, 4) is 0 Å². The first kappa shape index (κ1) is 17.7. The molecule has 1 aliphatic rings. The number of benzene rings is 2. The Balaban J connectivity index is 1.59. The number of ketones is 1. The molecule has 2 heterocycles. The Kier molecular flexibility index (Phi) is 4.53. The molecule has 1 aromatic heterocycles. The lowest BCUT2D eigenvalue weighted by atomic mass is 9.93. The average molecular weight is 374 g/mol. The molecule has 1 atom stereocenters. The van der Waals surface area contributed by atoms with Crippen LogP contribution >= 0.6 is 0 Å². The summed E-state index contributed by atoms with van der Waals surface area (Å²) >= 11 is 0. The van der Waals surface area contributed by atoms with Crippen LogP contribution in [0.1, 0.15) is 37.4 Å². The number of carboxylic acid groups (broad SMARTS) is 1. The monoisotopic (exact) mass is 374 g/mol. The van der Waals surface area contributed by atoms with E-state index in [2.05, 4.69) is 4.98 Å². The number of aromatic nitrogens is 1. The molecule has 2 N–H and O–H groups in total. The van der Waals surface area contributed by atoms with Gasteiger partial charge in [0, 0.05) is 42.0 Å². The number of H-pyrrole nitrogens is 1. The molecule has 6 heteroatoms. The van der Waals surface area contributed by atoms with Gasteiger partial charge in [0.25, 0.3) is 5.91 Å². The number of nitrogens with zero attached hydrogens (tertiary/aromatic N) is 1. The van der Waals surface area contributed by atoms with Crippen molar-refractivity contribution in [2.24, 2.45) is 0 Å². The third-order valence-corrected chi connectivity index (χ3v) is 5.05. The van der Waals surface area contributed by atoms with Crippen LogP contribution in [-0.4, -0.2) is 38.7 Å². The van der Waals surface area contributed by atoms with E-state index < -0.39 is 12.0 Å². The van der Waals surface area contributed by atoms with Crippen molar-refractivity contribution < 1.29 is 19.5 Å². The minimum Gasteiger partial charge on any atom is -0.480 e. The predicted molar refractivity (Wildman–Crippen MR) is 102 cm³/mol. The van der Waals surface area contributed by atoms with Crippen molar-refractivity contribution in [3.63, 3.8) is 0 Å². The Bertz CT molecular complexity index is 1040. The summed E-state index contributed by atoms with van der Waals surface area (Å²) < 4.78 is 0. The molecule has 2 aromatic carbocycles. The van der Waals surface area contributed by atoms with E-state index in [4.69, 9.17) is 0 Å². The Morgan fingerprint density at radius 3 is 2.21 bits per heavy atom. The number of fused-ring (bicyclic) bond motifs is 1. The zero-order valence-corrected chi connectivity index (χ0v) is 15.0. The maximum atomic E-state index is 13.0. The number of carbonyl (C=O) groups is 3. The van der Waals surface area contributed by atoms with Crippen molar-refractivity contribution in [1.29, 1.82) is 0 Å². The fourth-order valence-corrected chi connectivity index (χ4v) is 3.52. The first-order valence-corrected chi connectivity index (χ1v) is 8.92. The van der Waals surface area contributed by atoms with E-state index in [0.717, 1.165) is 11.1 Å².